The Kier molecular flexibility index (Phi) is 5.36. The molecule has 3 nitrogen and oxygen atoms in total. The summed E-state index contributed by atoms with van der Waals surface area (Å²) in [4.78, 5) is 5.03. The standard InChI is InChI=1S/C35H28N2O/c1-3-23-14-19-33-29(20-23)30-22-24(4-2)21-28(34(30)38-33)25-15-17-26(18-16-25)35-36-31-12-8-9-13-32(31)37(35)27-10-6-5-7-11-27/h5-22H,3-4H2,1-2H3. The van der Waals surface area contributed by atoms with E-state index in [4.69, 9.17) is 9.40 Å². The summed E-state index contributed by atoms with van der Waals surface area (Å²) in [5, 5.41) is 2.39. The monoisotopic (exact) mass is 492 g/mol. The van der Waals surface area contributed by atoms with Gasteiger partial charge < -0.3 is 4.42 Å². The second-order valence-electron chi connectivity index (χ2n) is 9.83. The molecule has 0 amide bonds. The van der Waals surface area contributed by atoms with E-state index in [1.807, 2.05) is 12.1 Å². The molecular formula is C35H28N2O. The van der Waals surface area contributed by atoms with Crippen LogP contribution in [0.5, 0.6) is 0 Å². The minimum absolute atomic E-state index is 0.937. The number of fused-ring (bicyclic) bond motifs is 4. The predicted octanol–water partition coefficient (Wildman–Crippen LogP) is 9.38. The summed E-state index contributed by atoms with van der Waals surface area (Å²) in [5.41, 5.74) is 11.1. The van der Waals surface area contributed by atoms with Crippen LogP contribution in [0, 0.1) is 0 Å². The second kappa shape index (κ2) is 9.04. The zero-order valence-electron chi connectivity index (χ0n) is 21.6. The molecule has 38 heavy (non-hydrogen) atoms. The van der Waals surface area contributed by atoms with Crippen molar-refractivity contribution in [3.63, 3.8) is 0 Å². The quantitative estimate of drug-likeness (QED) is 0.240. The maximum Gasteiger partial charge on any atom is 0.145 e. The number of benzene rings is 5. The topological polar surface area (TPSA) is 31.0 Å². The average Bonchev–Trinajstić information content (AvgIpc) is 3.55. The number of rotatable bonds is 5. The number of nitrogens with zero attached hydrogens (tertiary/aromatic N) is 2. The van der Waals surface area contributed by atoms with Gasteiger partial charge in [-0.05, 0) is 78.1 Å². The summed E-state index contributed by atoms with van der Waals surface area (Å²) in [7, 11) is 0. The average molecular weight is 493 g/mol. The normalized spacial score (nSPS) is 11.6. The molecule has 5 aromatic carbocycles. The van der Waals surface area contributed by atoms with Crippen LogP contribution in [-0.2, 0) is 12.8 Å². The van der Waals surface area contributed by atoms with E-state index < -0.39 is 0 Å². The third-order valence-electron chi connectivity index (χ3n) is 7.54. The third-order valence-corrected chi connectivity index (χ3v) is 7.54. The van der Waals surface area contributed by atoms with Gasteiger partial charge in [0.15, 0.2) is 0 Å². The Morgan fingerprint density at radius 2 is 1.37 bits per heavy atom. The van der Waals surface area contributed by atoms with E-state index in [-0.39, 0.29) is 0 Å². The summed E-state index contributed by atoms with van der Waals surface area (Å²) in [6, 6.07) is 38.6. The van der Waals surface area contributed by atoms with E-state index in [2.05, 4.69) is 115 Å². The summed E-state index contributed by atoms with van der Waals surface area (Å²) in [6.45, 7) is 4.40. The van der Waals surface area contributed by atoms with Crippen molar-refractivity contribution in [3.8, 4) is 28.2 Å². The molecule has 2 heterocycles. The minimum Gasteiger partial charge on any atom is -0.455 e. The lowest BCUT2D eigenvalue weighted by Gasteiger charge is -2.11. The van der Waals surface area contributed by atoms with Crippen molar-refractivity contribution in [3.05, 3.63) is 120 Å². The van der Waals surface area contributed by atoms with Gasteiger partial charge in [0.2, 0.25) is 0 Å². The molecule has 3 heteroatoms. The number of hydrogen-bond acceptors (Lipinski definition) is 2. The van der Waals surface area contributed by atoms with Crippen molar-refractivity contribution in [1.82, 2.24) is 9.55 Å². The largest absolute Gasteiger partial charge is 0.455 e. The molecule has 0 aliphatic heterocycles. The fourth-order valence-corrected chi connectivity index (χ4v) is 5.48. The van der Waals surface area contributed by atoms with Crippen LogP contribution in [0.1, 0.15) is 25.0 Å². The van der Waals surface area contributed by atoms with Crippen LogP contribution in [-0.4, -0.2) is 9.55 Å². The highest BCUT2D eigenvalue weighted by atomic mass is 16.3. The van der Waals surface area contributed by atoms with Crippen molar-refractivity contribution in [2.45, 2.75) is 26.7 Å². The van der Waals surface area contributed by atoms with Crippen LogP contribution in [0.15, 0.2) is 114 Å². The van der Waals surface area contributed by atoms with Crippen LogP contribution >= 0.6 is 0 Å². The number of aromatic nitrogens is 2. The third kappa shape index (κ3) is 3.62. The van der Waals surface area contributed by atoms with Crippen molar-refractivity contribution in [2.24, 2.45) is 0 Å². The van der Waals surface area contributed by atoms with Gasteiger partial charge in [0.05, 0.1) is 11.0 Å². The van der Waals surface area contributed by atoms with Gasteiger partial charge in [-0.1, -0.05) is 74.5 Å². The lowest BCUT2D eigenvalue weighted by Crippen LogP contribution is -1.97. The van der Waals surface area contributed by atoms with E-state index in [0.29, 0.717) is 0 Å². The highest BCUT2D eigenvalue weighted by Crippen LogP contribution is 2.38. The van der Waals surface area contributed by atoms with Gasteiger partial charge >= 0.3 is 0 Å². The van der Waals surface area contributed by atoms with E-state index >= 15 is 0 Å². The van der Waals surface area contributed by atoms with Gasteiger partial charge in [0.25, 0.3) is 0 Å². The van der Waals surface area contributed by atoms with Gasteiger partial charge in [-0.2, -0.15) is 0 Å². The Balaban J connectivity index is 1.39. The molecule has 0 saturated heterocycles. The summed E-state index contributed by atoms with van der Waals surface area (Å²) in [6.07, 6.45) is 1.99. The lowest BCUT2D eigenvalue weighted by molar-refractivity contribution is 0.669. The molecular weight excluding hydrogens is 464 g/mol. The first kappa shape index (κ1) is 22.6. The van der Waals surface area contributed by atoms with Gasteiger partial charge in [-0.15, -0.1) is 0 Å². The highest BCUT2D eigenvalue weighted by molar-refractivity contribution is 6.10. The lowest BCUT2D eigenvalue weighted by atomic mass is 9.97. The van der Waals surface area contributed by atoms with E-state index in [1.165, 1.54) is 21.9 Å². The van der Waals surface area contributed by atoms with Gasteiger partial charge in [-0.25, -0.2) is 4.98 Å². The number of imidazole rings is 1. The number of furan rings is 1. The highest BCUT2D eigenvalue weighted by Gasteiger charge is 2.17. The van der Waals surface area contributed by atoms with Crippen molar-refractivity contribution < 1.29 is 4.42 Å². The fourth-order valence-electron chi connectivity index (χ4n) is 5.48. The van der Waals surface area contributed by atoms with Gasteiger partial charge in [0, 0.05) is 27.6 Å². The summed E-state index contributed by atoms with van der Waals surface area (Å²) < 4.78 is 8.69. The molecule has 0 saturated carbocycles. The first-order valence-electron chi connectivity index (χ1n) is 13.3. The molecule has 0 spiro atoms. The Labute approximate surface area is 222 Å². The molecule has 0 atom stereocenters. The van der Waals surface area contributed by atoms with Crippen LogP contribution in [0.4, 0.5) is 0 Å². The fraction of sp³-hybridized carbons (Fsp3) is 0.114. The Hall–Kier alpha value is -4.63. The Morgan fingerprint density at radius 3 is 2.16 bits per heavy atom. The van der Waals surface area contributed by atoms with Gasteiger partial charge in [-0.3, -0.25) is 4.57 Å². The zero-order chi connectivity index (χ0) is 25.6. The Morgan fingerprint density at radius 1 is 0.658 bits per heavy atom. The maximum absolute atomic E-state index is 6.45. The van der Waals surface area contributed by atoms with Crippen molar-refractivity contribution >= 4 is 33.0 Å². The number of aryl methyl sites for hydroxylation is 2. The predicted molar refractivity (Wildman–Crippen MR) is 158 cm³/mol. The molecule has 2 aromatic heterocycles. The van der Waals surface area contributed by atoms with Crippen LogP contribution in [0.25, 0.3) is 61.2 Å². The molecule has 0 aliphatic rings. The molecule has 0 fully saturated rings. The summed E-state index contributed by atoms with van der Waals surface area (Å²) in [5.74, 6) is 0.937. The number of para-hydroxylation sites is 3. The Bertz CT molecular complexity index is 1930. The van der Waals surface area contributed by atoms with Crippen LogP contribution < -0.4 is 0 Å². The molecule has 0 unspecified atom stereocenters. The van der Waals surface area contributed by atoms with Crippen molar-refractivity contribution in [2.75, 3.05) is 0 Å². The van der Waals surface area contributed by atoms with E-state index in [9.17, 15) is 0 Å². The smallest absolute Gasteiger partial charge is 0.145 e. The molecule has 0 radical (unpaired) electrons. The summed E-state index contributed by atoms with van der Waals surface area (Å²) >= 11 is 0. The molecule has 184 valence electrons. The maximum atomic E-state index is 6.45. The van der Waals surface area contributed by atoms with E-state index in [1.54, 1.807) is 0 Å². The first-order chi connectivity index (χ1) is 18.7. The van der Waals surface area contributed by atoms with Crippen LogP contribution in [0.2, 0.25) is 0 Å². The first-order valence-corrected chi connectivity index (χ1v) is 13.3. The molecule has 7 rings (SSSR count). The van der Waals surface area contributed by atoms with Crippen LogP contribution in [0.3, 0.4) is 0 Å². The molecule has 0 aliphatic carbocycles. The molecule has 7 aromatic rings. The molecule has 0 bridgehead atoms. The SMILES string of the molecule is CCc1ccc2oc3c(-c4ccc(-c5nc6ccccc6n5-c5ccccc5)cc4)cc(CC)cc3c2c1. The number of hydrogen-bond donors (Lipinski definition) is 0. The van der Waals surface area contributed by atoms with E-state index in [0.717, 1.165) is 63.2 Å². The zero-order valence-corrected chi connectivity index (χ0v) is 21.6. The molecule has 0 N–H and O–H groups in total. The van der Waals surface area contributed by atoms with Gasteiger partial charge in [0.1, 0.15) is 17.0 Å². The van der Waals surface area contributed by atoms with Crippen molar-refractivity contribution in [1.29, 1.82) is 0 Å². The minimum atomic E-state index is 0.937. The second-order valence-corrected chi connectivity index (χ2v) is 9.83.